The molecule has 3 heteroatoms. The third-order valence-electron chi connectivity index (χ3n) is 2.04. The predicted molar refractivity (Wildman–Crippen MR) is 61.4 cm³/mol. The van der Waals surface area contributed by atoms with Crippen molar-refractivity contribution in [3.8, 4) is 11.5 Å². The molecule has 2 N–H and O–H groups in total. The lowest BCUT2D eigenvalue weighted by Gasteiger charge is -2.13. The molecule has 15 heavy (non-hydrogen) atoms. The van der Waals surface area contributed by atoms with Gasteiger partial charge in [0, 0.05) is 0 Å². The maximum absolute atomic E-state index is 5.56. The van der Waals surface area contributed by atoms with Crippen LogP contribution in [-0.4, -0.2) is 20.3 Å². The second kappa shape index (κ2) is 6.09. The summed E-state index contributed by atoms with van der Waals surface area (Å²) >= 11 is 0. The van der Waals surface area contributed by atoms with Crippen molar-refractivity contribution in [2.75, 3.05) is 20.3 Å². The van der Waals surface area contributed by atoms with Gasteiger partial charge in [-0.3, -0.25) is 0 Å². The number of benzene rings is 1. The van der Waals surface area contributed by atoms with Crippen LogP contribution in [0.15, 0.2) is 30.9 Å². The first kappa shape index (κ1) is 11.6. The zero-order valence-corrected chi connectivity index (χ0v) is 9.03. The van der Waals surface area contributed by atoms with Gasteiger partial charge >= 0.3 is 0 Å². The molecular weight excluding hydrogens is 190 g/mol. The third-order valence-corrected chi connectivity index (χ3v) is 2.04. The normalized spacial score (nSPS) is 9.73. The molecule has 0 aliphatic rings. The monoisotopic (exact) mass is 207 g/mol. The Bertz CT molecular complexity index is 323. The highest BCUT2D eigenvalue weighted by atomic mass is 16.5. The van der Waals surface area contributed by atoms with Crippen LogP contribution < -0.4 is 15.2 Å². The lowest BCUT2D eigenvalue weighted by molar-refractivity contribution is 0.323. The molecule has 0 unspecified atom stereocenters. The van der Waals surface area contributed by atoms with E-state index in [4.69, 9.17) is 15.2 Å². The summed E-state index contributed by atoms with van der Waals surface area (Å²) in [6.45, 7) is 4.68. The van der Waals surface area contributed by atoms with Crippen molar-refractivity contribution in [2.45, 2.75) is 6.42 Å². The molecule has 82 valence electrons. The minimum Gasteiger partial charge on any atom is -0.493 e. The van der Waals surface area contributed by atoms with Crippen LogP contribution in [-0.2, 0) is 6.42 Å². The second-order valence-corrected chi connectivity index (χ2v) is 3.09. The first-order valence-electron chi connectivity index (χ1n) is 4.93. The zero-order valence-electron chi connectivity index (χ0n) is 9.03. The fourth-order valence-electron chi connectivity index (χ4n) is 1.38. The molecule has 0 fully saturated rings. The van der Waals surface area contributed by atoms with Gasteiger partial charge in [0.15, 0.2) is 11.5 Å². The molecule has 0 heterocycles. The predicted octanol–water partition coefficient (Wildman–Crippen LogP) is 1.76. The third kappa shape index (κ3) is 2.99. The van der Waals surface area contributed by atoms with Crippen LogP contribution in [0.2, 0.25) is 0 Å². The topological polar surface area (TPSA) is 44.5 Å². The minimum atomic E-state index is 0.470. The van der Waals surface area contributed by atoms with Crippen molar-refractivity contribution >= 4 is 0 Å². The van der Waals surface area contributed by atoms with Crippen molar-refractivity contribution in [2.24, 2.45) is 5.73 Å². The van der Waals surface area contributed by atoms with Crippen LogP contribution in [0.4, 0.5) is 0 Å². The Morgan fingerprint density at radius 2 is 2.27 bits per heavy atom. The largest absolute Gasteiger partial charge is 0.493 e. The highest BCUT2D eigenvalue weighted by Crippen LogP contribution is 2.31. The molecule has 0 saturated carbocycles. The fourth-order valence-corrected chi connectivity index (χ4v) is 1.38. The van der Waals surface area contributed by atoms with Crippen LogP contribution in [0, 0.1) is 0 Å². The van der Waals surface area contributed by atoms with Gasteiger partial charge in [-0.05, 0) is 24.6 Å². The van der Waals surface area contributed by atoms with Crippen molar-refractivity contribution in [3.63, 3.8) is 0 Å². The van der Waals surface area contributed by atoms with Gasteiger partial charge in [-0.2, -0.15) is 0 Å². The Kier molecular flexibility index (Phi) is 4.71. The lowest BCUT2D eigenvalue weighted by atomic mass is 10.1. The molecule has 0 amide bonds. The van der Waals surface area contributed by atoms with Crippen LogP contribution in [0.3, 0.4) is 0 Å². The fraction of sp³-hybridized carbons (Fsp3) is 0.333. The SMILES string of the molecule is C=CCOc1c(CCN)cccc1OC. The molecule has 3 nitrogen and oxygen atoms in total. The molecule has 1 aromatic rings. The maximum atomic E-state index is 5.56. The standard InChI is InChI=1S/C12H17NO2/c1-3-9-15-12-10(7-8-13)5-4-6-11(12)14-2/h3-6H,1,7-9,13H2,2H3. The summed E-state index contributed by atoms with van der Waals surface area (Å²) in [5, 5.41) is 0. The maximum Gasteiger partial charge on any atom is 0.164 e. The van der Waals surface area contributed by atoms with Gasteiger partial charge in [0.2, 0.25) is 0 Å². The summed E-state index contributed by atoms with van der Waals surface area (Å²) in [4.78, 5) is 0. The molecule has 0 spiro atoms. The molecule has 0 aliphatic heterocycles. The molecule has 0 atom stereocenters. The van der Waals surface area contributed by atoms with Crippen LogP contribution in [0.25, 0.3) is 0 Å². The Morgan fingerprint density at radius 1 is 1.47 bits per heavy atom. The van der Waals surface area contributed by atoms with Crippen molar-refractivity contribution in [1.29, 1.82) is 0 Å². The highest BCUT2D eigenvalue weighted by molar-refractivity contribution is 5.46. The van der Waals surface area contributed by atoms with Gasteiger partial charge in [-0.1, -0.05) is 24.8 Å². The van der Waals surface area contributed by atoms with Crippen LogP contribution >= 0.6 is 0 Å². The Labute approximate surface area is 90.5 Å². The van der Waals surface area contributed by atoms with Gasteiger partial charge < -0.3 is 15.2 Å². The summed E-state index contributed by atoms with van der Waals surface area (Å²) < 4.78 is 10.8. The lowest BCUT2D eigenvalue weighted by Crippen LogP contribution is -2.06. The minimum absolute atomic E-state index is 0.470. The average molecular weight is 207 g/mol. The van der Waals surface area contributed by atoms with Gasteiger partial charge in [0.25, 0.3) is 0 Å². The van der Waals surface area contributed by atoms with E-state index in [9.17, 15) is 0 Å². The Morgan fingerprint density at radius 3 is 2.87 bits per heavy atom. The van der Waals surface area contributed by atoms with Crippen molar-refractivity contribution in [1.82, 2.24) is 0 Å². The molecule has 1 rings (SSSR count). The van der Waals surface area contributed by atoms with Crippen LogP contribution in [0.5, 0.6) is 11.5 Å². The number of hydrogen-bond acceptors (Lipinski definition) is 3. The Balaban J connectivity index is 2.96. The summed E-state index contributed by atoms with van der Waals surface area (Å²) in [5.74, 6) is 1.51. The molecule has 0 bridgehead atoms. The van der Waals surface area contributed by atoms with E-state index in [1.807, 2.05) is 18.2 Å². The van der Waals surface area contributed by atoms with E-state index in [0.29, 0.717) is 13.2 Å². The number of rotatable bonds is 6. The van der Waals surface area contributed by atoms with Crippen LogP contribution in [0.1, 0.15) is 5.56 Å². The molecule has 0 radical (unpaired) electrons. The summed E-state index contributed by atoms with van der Waals surface area (Å²) in [6.07, 6.45) is 2.49. The zero-order chi connectivity index (χ0) is 11.1. The Hall–Kier alpha value is -1.48. The molecule has 0 saturated heterocycles. The smallest absolute Gasteiger partial charge is 0.164 e. The summed E-state index contributed by atoms with van der Waals surface area (Å²) in [7, 11) is 1.63. The van der Waals surface area contributed by atoms with Crippen molar-refractivity contribution in [3.05, 3.63) is 36.4 Å². The van der Waals surface area contributed by atoms with E-state index < -0.39 is 0 Å². The quantitative estimate of drug-likeness (QED) is 0.723. The molecule has 1 aromatic carbocycles. The van der Waals surface area contributed by atoms with Gasteiger partial charge in [-0.25, -0.2) is 0 Å². The number of para-hydroxylation sites is 1. The van der Waals surface area contributed by atoms with Gasteiger partial charge in [0.05, 0.1) is 7.11 Å². The first-order valence-corrected chi connectivity index (χ1v) is 4.93. The number of ether oxygens (including phenoxy) is 2. The average Bonchev–Trinajstić information content (AvgIpc) is 2.27. The highest BCUT2D eigenvalue weighted by Gasteiger charge is 2.08. The van der Waals surface area contributed by atoms with Crippen molar-refractivity contribution < 1.29 is 9.47 Å². The molecule has 0 aromatic heterocycles. The van der Waals surface area contributed by atoms with E-state index in [1.54, 1.807) is 13.2 Å². The summed E-state index contributed by atoms with van der Waals surface area (Å²) in [5.41, 5.74) is 6.60. The second-order valence-electron chi connectivity index (χ2n) is 3.09. The van der Waals surface area contributed by atoms with E-state index in [2.05, 4.69) is 6.58 Å². The van der Waals surface area contributed by atoms with Gasteiger partial charge in [-0.15, -0.1) is 0 Å². The molecule has 0 aliphatic carbocycles. The first-order chi connectivity index (χ1) is 7.33. The van der Waals surface area contributed by atoms with E-state index in [-0.39, 0.29) is 0 Å². The number of hydrogen-bond donors (Lipinski definition) is 1. The summed E-state index contributed by atoms with van der Waals surface area (Å²) in [6, 6.07) is 5.80. The van der Waals surface area contributed by atoms with E-state index in [0.717, 1.165) is 23.5 Å². The number of methoxy groups -OCH3 is 1. The van der Waals surface area contributed by atoms with E-state index in [1.165, 1.54) is 0 Å². The molecular formula is C12H17NO2. The van der Waals surface area contributed by atoms with Gasteiger partial charge in [0.1, 0.15) is 6.61 Å². The van der Waals surface area contributed by atoms with E-state index >= 15 is 0 Å². The number of nitrogens with two attached hydrogens (primary N) is 1.